The molecule has 2 saturated carbocycles. The number of esters is 1. The summed E-state index contributed by atoms with van der Waals surface area (Å²) in [6.45, 7) is 1.79. The highest BCUT2D eigenvalue weighted by Crippen LogP contribution is 2.38. The quantitative estimate of drug-likeness (QED) is 0.769. The molecule has 5 nitrogen and oxygen atoms in total. The first kappa shape index (κ1) is 11.7. The molecule has 0 amide bonds. The van der Waals surface area contributed by atoms with E-state index in [2.05, 4.69) is 10.1 Å². The van der Waals surface area contributed by atoms with E-state index in [1.54, 1.807) is 6.92 Å². The topological polar surface area (TPSA) is 65.2 Å². The molecule has 1 heterocycles. The van der Waals surface area contributed by atoms with E-state index >= 15 is 0 Å². The lowest BCUT2D eigenvalue weighted by Gasteiger charge is -2.12. The van der Waals surface area contributed by atoms with E-state index in [1.165, 1.54) is 0 Å². The third kappa shape index (κ3) is 2.40. The maximum Gasteiger partial charge on any atom is 0.309 e. The van der Waals surface area contributed by atoms with E-state index in [1.807, 2.05) is 0 Å². The second-order valence-corrected chi connectivity index (χ2v) is 5.33. The number of hydrogen-bond donors (Lipinski definition) is 0. The van der Waals surface area contributed by atoms with Crippen molar-refractivity contribution in [2.75, 3.05) is 0 Å². The molecule has 98 valence electrons. The van der Waals surface area contributed by atoms with Gasteiger partial charge < -0.3 is 9.26 Å². The predicted octanol–water partition coefficient (Wildman–Crippen LogP) is 2.74. The average molecular weight is 250 g/mol. The molecule has 1 aromatic heterocycles. The van der Waals surface area contributed by atoms with E-state index < -0.39 is 6.10 Å². The highest BCUT2D eigenvalue weighted by atomic mass is 16.6. The van der Waals surface area contributed by atoms with E-state index in [9.17, 15) is 4.79 Å². The number of rotatable bonds is 4. The van der Waals surface area contributed by atoms with Crippen LogP contribution in [0.3, 0.4) is 0 Å². The third-order valence-electron chi connectivity index (χ3n) is 3.73. The van der Waals surface area contributed by atoms with Crippen molar-refractivity contribution in [2.24, 2.45) is 5.92 Å². The summed E-state index contributed by atoms with van der Waals surface area (Å²) in [5, 5.41) is 3.93. The molecule has 18 heavy (non-hydrogen) atoms. The van der Waals surface area contributed by atoms with Gasteiger partial charge in [-0.25, -0.2) is 0 Å². The molecule has 1 atom stereocenters. The summed E-state index contributed by atoms with van der Waals surface area (Å²) in [6, 6.07) is 0. The summed E-state index contributed by atoms with van der Waals surface area (Å²) in [4.78, 5) is 16.2. The Morgan fingerprint density at radius 3 is 2.72 bits per heavy atom. The SMILES string of the molecule is CC(OC(=O)C1CCCC1)c1nc(C2CC2)no1. The van der Waals surface area contributed by atoms with Crippen molar-refractivity contribution < 1.29 is 14.1 Å². The molecule has 0 N–H and O–H groups in total. The minimum Gasteiger partial charge on any atom is -0.452 e. The number of aromatic nitrogens is 2. The highest BCUT2D eigenvalue weighted by molar-refractivity contribution is 5.72. The van der Waals surface area contributed by atoms with E-state index in [0.29, 0.717) is 11.8 Å². The zero-order valence-corrected chi connectivity index (χ0v) is 10.6. The Labute approximate surface area is 106 Å². The first-order valence-corrected chi connectivity index (χ1v) is 6.78. The van der Waals surface area contributed by atoms with Crippen LogP contribution >= 0.6 is 0 Å². The normalized spacial score (nSPS) is 22.1. The lowest BCUT2D eigenvalue weighted by Crippen LogP contribution is -2.17. The maximum atomic E-state index is 11.9. The van der Waals surface area contributed by atoms with Gasteiger partial charge in [0, 0.05) is 5.92 Å². The predicted molar refractivity (Wildman–Crippen MR) is 62.7 cm³/mol. The minimum atomic E-state index is -0.432. The van der Waals surface area contributed by atoms with E-state index in [0.717, 1.165) is 44.3 Å². The third-order valence-corrected chi connectivity index (χ3v) is 3.73. The van der Waals surface area contributed by atoms with Gasteiger partial charge in [-0.15, -0.1) is 0 Å². The van der Waals surface area contributed by atoms with Crippen LogP contribution in [0.5, 0.6) is 0 Å². The number of carbonyl (C=O) groups is 1. The summed E-state index contributed by atoms with van der Waals surface area (Å²) in [6.07, 6.45) is 5.98. The number of carbonyl (C=O) groups excluding carboxylic acids is 1. The number of hydrogen-bond acceptors (Lipinski definition) is 5. The van der Waals surface area contributed by atoms with Gasteiger partial charge in [0.2, 0.25) is 0 Å². The van der Waals surface area contributed by atoms with Crippen molar-refractivity contribution >= 4 is 5.97 Å². The van der Waals surface area contributed by atoms with Crippen LogP contribution in [0.15, 0.2) is 4.52 Å². The molecule has 2 fully saturated rings. The summed E-state index contributed by atoms with van der Waals surface area (Å²) in [5.74, 6) is 1.58. The zero-order valence-electron chi connectivity index (χ0n) is 10.6. The summed E-state index contributed by atoms with van der Waals surface area (Å²) in [5.41, 5.74) is 0. The Bertz CT molecular complexity index is 433. The molecule has 3 rings (SSSR count). The average Bonchev–Trinajstić information content (AvgIpc) is 2.91. The van der Waals surface area contributed by atoms with Crippen LogP contribution in [-0.4, -0.2) is 16.1 Å². The molecule has 0 aromatic carbocycles. The summed E-state index contributed by atoms with van der Waals surface area (Å²) < 4.78 is 10.6. The molecule has 2 aliphatic carbocycles. The van der Waals surface area contributed by atoms with Crippen molar-refractivity contribution in [1.82, 2.24) is 10.1 Å². The molecular weight excluding hydrogens is 232 g/mol. The molecular formula is C13H18N2O3. The molecule has 2 aliphatic rings. The second-order valence-electron chi connectivity index (χ2n) is 5.33. The largest absolute Gasteiger partial charge is 0.452 e. The first-order valence-electron chi connectivity index (χ1n) is 6.78. The molecule has 0 spiro atoms. The van der Waals surface area contributed by atoms with Crippen LogP contribution in [0.4, 0.5) is 0 Å². The van der Waals surface area contributed by atoms with Crippen LogP contribution in [0.2, 0.25) is 0 Å². The zero-order chi connectivity index (χ0) is 12.5. The van der Waals surface area contributed by atoms with Gasteiger partial charge in [-0.2, -0.15) is 4.98 Å². The van der Waals surface area contributed by atoms with Crippen LogP contribution in [0, 0.1) is 5.92 Å². The highest BCUT2D eigenvalue weighted by Gasteiger charge is 2.31. The number of ether oxygens (including phenoxy) is 1. The van der Waals surface area contributed by atoms with Crippen LogP contribution in [0.25, 0.3) is 0 Å². The minimum absolute atomic E-state index is 0.0678. The Balaban J connectivity index is 1.58. The van der Waals surface area contributed by atoms with E-state index in [-0.39, 0.29) is 11.9 Å². The molecule has 0 aliphatic heterocycles. The maximum absolute atomic E-state index is 11.9. The molecule has 1 aromatic rings. The summed E-state index contributed by atoms with van der Waals surface area (Å²) >= 11 is 0. The summed E-state index contributed by atoms with van der Waals surface area (Å²) in [7, 11) is 0. The molecule has 0 saturated heterocycles. The Morgan fingerprint density at radius 1 is 1.33 bits per heavy atom. The van der Waals surface area contributed by atoms with E-state index in [4.69, 9.17) is 9.26 Å². The van der Waals surface area contributed by atoms with Gasteiger partial charge in [-0.1, -0.05) is 18.0 Å². The van der Waals surface area contributed by atoms with Crippen LogP contribution in [0.1, 0.15) is 69.2 Å². The fourth-order valence-electron chi connectivity index (χ4n) is 2.40. The van der Waals surface area contributed by atoms with Gasteiger partial charge in [0.15, 0.2) is 11.9 Å². The molecule has 5 heteroatoms. The Morgan fingerprint density at radius 2 is 2.06 bits per heavy atom. The van der Waals surface area contributed by atoms with Gasteiger partial charge in [-0.05, 0) is 32.6 Å². The van der Waals surface area contributed by atoms with Gasteiger partial charge >= 0.3 is 5.97 Å². The first-order chi connectivity index (χ1) is 8.74. The molecule has 0 bridgehead atoms. The monoisotopic (exact) mass is 250 g/mol. The van der Waals surface area contributed by atoms with Crippen LogP contribution in [-0.2, 0) is 9.53 Å². The Hall–Kier alpha value is -1.39. The van der Waals surface area contributed by atoms with Crippen LogP contribution < -0.4 is 0 Å². The lowest BCUT2D eigenvalue weighted by atomic mass is 10.1. The standard InChI is InChI=1S/C13H18N2O3/c1-8(17-13(16)10-4-2-3-5-10)12-14-11(15-18-12)9-6-7-9/h8-10H,2-7H2,1H3. The number of nitrogens with zero attached hydrogens (tertiary/aromatic N) is 2. The fourth-order valence-corrected chi connectivity index (χ4v) is 2.40. The van der Waals surface area contributed by atoms with Crippen molar-refractivity contribution in [3.8, 4) is 0 Å². The molecule has 0 radical (unpaired) electrons. The fraction of sp³-hybridized carbons (Fsp3) is 0.769. The Kier molecular flexibility index (Phi) is 3.06. The van der Waals surface area contributed by atoms with Crippen molar-refractivity contribution in [1.29, 1.82) is 0 Å². The van der Waals surface area contributed by atoms with Gasteiger partial charge in [0.05, 0.1) is 5.92 Å². The second kappa shape index (κ2) is 4.71. The van der Waals surface area contributed by atoms with Crippen molar-refractivity contribution in [3.63, 3.8) is 0 Å². The van der Waals surface area contributed by atoms with Crippen molar-refractivity contribution in [3.05, 3.63) is 11.7 Å². The molecule has 1 unspecified atom stereocenters. The van der Waals surface area contributed by atoms with Gasteiger partial charge in [0.1, 0.15) is 0 Å². The van der Waals surface area contributed by atoms with Crippen molar-refractivity contribution in [2.45, 2.75) is 57.5 Å². The lowest BCUT2D eigenvalue weighted by molar-refractivity contribution is -0.154. The van der Waals surface area contributed by atoms with Gasteiger partial charge in [-0.3, -0.25) is 4.79 Å². The van der Waals surface area contributed by atoms with Gasteiger partial charge in [0.25, 0.3) is 5.89 Å². The smallest absolute Gasteiger partial charge is 0.309 e.